The maximum absolute atomic E-state index is 11.5. The van der Waals surface area contributed by atoms with Crippen molar-refractivity contribution in [2.45, 2.75) is 13.5 Å². The minimum absolute atomic E-state index is 0.354. The fourth-order valence-electron chi connectivity index (χ4n) is 2.09. The van der Waals surface area contributed by atoms with Crippen LogP contribution in [0.5, 0.6) is 0 Å². The second-order valence-corrected chi connectivity index (χ2v) is 4.70. The first-order chi connectivity index (χ1) is 10.8. The van der Waals surface area contributed by atoms with Crippen LogP contribution in [0.25, 0.3) is 5.65 Å². The Morgan fingerprint density at radius 3 is 2.95 bits per heavy atom. The Hall–Kier alpha value is -2.89. The van der Waals surface area contributed by atoms with Gasteiger partial charge in [0.05, 0.1) is 24.4 Å². The van der Waals surface area contributed by atoms with E-state index in [0.717, 1.165) is 11.3 Å². The van der Waals surface area contributed by atoms with Crippen molar-refractivity contribution < 1.29 is 9.53 Å². The molecule has 0 unspecified atom stereocenters. The van der Waals surface area contributed by atoms with Gasteiger partial charge in [0.2, 0.25) is 0 Å². The number of hydrogen-bond donors (Lipinski definition) is 1. The van der Waals surface area contributed by atoms with E-state index in [4.69, 9.17) is 4.74 Å². The number of fused-ring (bicyclic) bond motifs is 1. The van der Waals surface area contributed by atoms with E-state index in [1.165, 1.54) is 6.20 Å². The van der Waals surface area contributed by atoms with Gasteiger partial charge >= 0.3 is 5.97 Å². The number of carbonyl (C=O) groups excluding carboxylic acids is 1. The first-order valence-electron chi connectivity index (χ1n) is 7.06. The van der Waals surface area contributed by atoms with Crippen molar-refractivity contribution in [3.8, 4) is 0 Å². The number of nitrogens with zero attached hydrogens (tertiary/aromatic N) is 3. The van der Waals surface area contributed by atoms with Gasteiger partial charge in [-0.3, -0.25) is 0 Å². The van der Waals surface area contributed by atoms with Gasteiger partial charge in [0.25, 0.3) is 0 Å². The summed E-state index contributed by atoms with van der Waals surface area (Å²) in [4.78, 5) is 20.2. The highest BCUT2D eigenvalue weighted by atomic mass is 16.5. The van der Waals surface area contributed by atoms with Crippen LogP contribution in [0.3, 0.4) is 0 Å². The SMILES string of the molecule is CCOC(=O)c1ccc(NCc2cn3ccccc3n2)nc1. The van der Waals surface area contributed by atoms with E-state index in [-0.39, 0.29) is 5.97 Å². The number of anilines is 1. The summed E-state index contributed by atoms with van der Waals surface area (Å²) in [5.41, 5.74) is 2.27. The molecule has 0 fully saturated rings. The molecule has 22 heavy (non-hydrogen) atoms. The van der Waals surface area contributed by atoms with Crippen molar-refractivity contribution in [2.24, 2.45) is 0 Å². The molecule has 0 aliphatic carbocycles. The number of aromatic nitrogens is 3. The number of rotatable bonds is 5. The predicted molar refractivity (Wildman–Crippen MR) is 82.7 cm³/mol. The van der Waals surface area contributed by atoms with Crippen molar-refractivity contribution in [1.82, 2.24) is 14.4 Å². The summed E-state index contributed by atoms with van der Waals surface area (Å²) >= 11 is 0. The van der Waals surface area contributed by atoms with Crippen LogP contribution in [-0.4, -0.2) is 26.9 Å². The first kappa shape index (κ1) is 14.1. The second kappa shape index (κ2) is 6.26. The van der Waals surface area contributed by atoms with E-state index in [9.17, 15) is 4.79 Å². The number of carbonyl (C=O) groups is 1. The van der Waals surface area contributed by atoms with Crippen LogP contribution in [0.15, 0.2) is 48.9 Å². The molecule has 0 spiro atoms. The largest absolute Gasteiger partial charge is 0.462 e. The molecule has 3 heterocycles. The third kappa shape index (κ3) is 3.06. The summed E-state index contributed by atoms with van der Waals surface area (Å²) in [5, 5.41) is 3.18. The molecule has 0 bridgehead atoms. The van der Waals surface area contributed by atoms with Gasteiger partial charge in [-0.2, -0.15) is 0 Å². The van der Waals surface area contributed by atoms with Crippen LogP contribution < -0.4 is 5.32 Å². The highest BCUT2D eigenvalue weighted by Gasteiger charge is 2.07. The molecule has 0 amide bonds. The summed E-state index contributed by atoms with van der Waals surface area (Å²) in [6, 6.07) is 9.31. The number of imidazole rings is 1. The van der Waals surface area contributed by atoms with Crippen LogP contribution in [0.4, 0.5) is 5.82 Å². The Balaban J connectivity index is 1.64. The highest BCUT2D eigenvalue weighted by molar-refractivity contribution is 5.89. The lowest BCUT2D eigenvalue weighted by Gasteiger charge is -2.05. The number of pyridine rings is 2. The van der Waals surface area contributed by atoms with Crippen molar-refractivity contribution in [3.63, 3.8) is 0 Å². The fourth-order valence-corrected chi connectivity index (χ4v) is 2.09. The number of ether oxygens (including phenoxy) is 1. The lowest BCUT2D eigenvalue weighted by Crippen LogP contribution is -2.06. The number of hydrogen-bond acceptors (Lipinski definition) is 5. The fraction of sp³-hybridized carbons (Fsp3) is 0.188. The van der Waals surface area contributed by atoms with Gasteiger partial charge in [-0.1, -0.05) is 6.07 Å². The molecule has 0 radical (unpaired) electrons. The van der Waals surface area contributed by atoms with Crippen LogP contribution in [0.2, 0.25) is 0 Å². The normalized spacial score (nSPS) is 10.6. The summed E-state index contributed by atoms with van der Waals surface area (Å²) in [7, 11) is 0. The predicted octanol–water partition coefficient (Wildman–Crippen LogP) is 2.52. The van der Waals surface area contributed by atoms with Crippen LogP contribution in [0, 0.1) is 0 Å². The zero-order chi connectivity index (χ0) is 15.4. The monoisotopic (exact) mass is 296 g/mol. The molecule has 1 N–H and O–H groups in total. The molecule has 0 aliphatic heterocycles. The van der Waals surface area contributed by atoms with Gasteiger partial charge < -0.3 is 14.5 Å². The van der Waals surface area contributed by atoms with E-state index >= 15 is 0 Å². The Labute approximate surface area is 127 Å². The quantitative estimate of drug-likeness (QED) is 0.733. The Morgan fingerprint density at radius 2 is 2.23 bits per heavy atom. The maximum Gasteiger partial charge on any atom is 0.339 e. The first-order valence-corrected chi connectivity index (χ1v) is 7.06. The van der Waals surface area contributed by atoms with Crippen LogP contribution >= 0.6 is 0 Å². The zero-order valence-corrected chi connectivity index (χ0v) is 12.2. The highest BCUT2D eigenvalue weighted by Crippen LogP contribution is 2.09. The Morgan fingerprint density at radius 1 is 1.32 bits per heavy atom. The van der Waals surface area contributed by atoms with Crippen molar-refractivity contribution in [1.29, 1.82) is 0 Å². The van der Waals surface area contributed by atoms with E-state index in [1.807, 2.05) is 35.0 Å². The number of esters is 1. The smallest absolute Gasteiger partial charge is 0.339 e. The summed E-state index contributed by atoms with van der Waals surface area (Å²) in [6.45, 7) is 2.69. The molecule has 112 valence electrons. The molecule has 0 atom stereocenters. The van der Waals surface area contributed by atoms with Crippen molar-refractivity contribution in [3.05, 3.63) is 60.2 Å². The molecule has 0 saturated heterocycles. The molecule has 3 aromatic rings. The number of nitrogens with one attached hydrogen (secondary N) is 1. The average molecular weight is 296 g/mol. The van der Waals surface area contributed by atoms with Gasteiger partial charge in [-0.05, 0) is 31.2 Å². The topological polar surface area (TPSA) is 68.5 Å². The Bertz CT molecular complexity index is 747. The molecular weight excluding hydrogens is 280 g/mol. The van der Waals surface area contributed by atoms with Crippen LogP contribution in [-0.2, 0) is 11.3 Å². The lowest BCUT2D eigenvalue weighted by molar-refractivity contribution is 0.0526. The molecule has 0 aliphatic rings. The third-order valence-electron chi connectivity index (χ3n) is 3.14. The minimum Gasteiger partial charge on any atom is -0.462 e. The van der Waals surface area contributed by atoms with E-state index in [0.29, 0.717) is 24.5 Å². The standard InChI is InChI=1S/C16H16N4O2/c1-2-22-16(21)12-6-7-14(17-9-12)18-10-13-11-20-8-4-3-5-15(20)19-13/h3-9,11H,2,10H2,1H3,(H,17,18). The third-order valence-corrected chi connectivity index (χ3v) is 3.14. The van der Waals surface area contributed by atoms with E-state index in [1.54, 1.807) is 19.1 Å². The molecule has 3 rings (SSSR count). The summed E-state index contributed by atoms with van der Waals surface area (Å²) in [5.74, 6) is 0.326. The van der Waals surface area contributed by atoms with Crippen molar-refractivity contribution >= 4 is 17.4 Å². The molecule has 6 nitrogen and oxygen atoms in total. The maximum atomic E-state index is 11.5. The molecular formula is C16H16N4O2. The molecule has 0 saturated carbocycles. The molecule has 0 aromatic carbocycles. The van der Waals surface area contributed by atoms with E-state index in [2.05, 4.69) is 15.3 Å². The average Bonchev–Trinajstić information content (AvgIpc) is 2.96. The van der Waals surface area contributed by atoms with E-state index < -0.39 is 0 Å². The minimum atomic E-state index is -0.359. The van der Waals surface area contributed by atoms with Gasteiger partial charge in [-0.25, -0.2) is 14.8 Å². The van der Waals surface area contributed by atoms with Crippen molar-refractivity contribution in [2.75, 3.05) is 11.9 Å². The Kier molecular flexibility index (Phi) is 4.00. The van der Waals surface area contributed by atoms with Crippen LogP contribution in [0.1, 0.15) is 23.0 Å². The van der Waals surface area contributed by atoms with Gasteiger partial charge in [0.15, 0.2) is 0 Å². The summed E-state index contributed by atoms with van der Waals surface area (Å²) < 4.78 is 6.89. The van der Waals surface area contributed by atoms with Gasteiger partial charge in [0.1, 0.15) is 11.5 Å². The molecule has 3 aromatic heterocycles. The van der Waals surface area contributed by atoms with Gasteiger partial charge in [0, 0.05) is 18.6 Å². The summed E-state index contributed by atoms with van der Waals surface area (Å²) in [6.07, 6.45) is 5.43. The molecule has 6 heteroatoms. The zero-order valence-electron chi connectivity index (χ0n) is 12.2. The second-order valence-electron chi connectivity index (χ2n) is 4.70. The lowest BCUT2D eigenvalue weighted by atomic mass is 10.3. The van der Waals surface area contributed by atoms with Gasteiger partial charge in [-0.15, -0.1) is 0 Å².